The molecule has 1 fully saturated rings. The fourth-order valence-electron chi connectivity index (χ4n) is 1.73. The molecule has 0 aliphatic carbocycles. The summed E-state index contributed by atoms with van der Waals surface area (Å²) in [4.78, 5) is 23.1. The van der Waals surface area contributed by atoms with Gasteiger partial charge in [-0.25, -0.2) is 9.97 Å². The summed E-state index contributed by atoms with van der Waals surface area (Å²) in [6, 6.07) is 0. The van der Waals surface area contributed by atoms with Crippen LogP contribution in [0.1, 0.15) is 6.92 Å². The van der Waals surface area contributed by atoms with Crippen LogP contribution in [0.25, 0.3) is 0 Å². The molecule has 1 aliphatic rings. The minimum Gasteiger partial charge on any atom is -0.365 e. The fraction of sp³-hybridized carbons (Fsp3) is 0.500. The zero-order chi connectivity index (χ0) is 10.7. The van der Waals surface area contributed by atoms with E-state index in [1.807, 2.05) is 4.90 Å². The van der Waals surface area contributed by atoms with E-state index >= 15 is 0 Å². The van der Waals surface area contributed by atoms with Gasteiger partial charge in [0.1, 0.15) is 6.33 Å². The first kappa shape index (κ1) is 9.89. The van der Waals surface area contributed by atoms with Gasteiger partial charge in [0, 0.05) is 33.1 Å². The minimum absolute atomic E-state index is 0.152. The molecule has 5 heteroatoms. The van der Waals surface area contributed by atoms with Crippen molar-refractivity contribution in [2.45, 2.75) is 6.92 Å². The van der Waals surface area contributed by atoms with Crippen molar-refractivity contribution in [3.05, 3.63) is 18.7 Å². The van der Waals surface area contributed by atoms with Crippen LogP contribution < -0.4 is 4.90 Å². The average molecular weight is 206 g/mol. The van der Waals surface area contributed by atoms with E-state index in [-0.39, 0.29) is 5.91 Å². The Morgan fingerprint density at radius 2 is 1.80 bits per heavy atom. The second-order valence-electron chi connectivity index (χ2n) is 3.59. The molecule has 5 nitrogen and oxygen atoms in total. The minimum atomic E-state index is 0.152. The van der Waals surface area contributed by atoms with Crippen LogP contribution in [-0.2, 0) is 4.79 Å². The molecule has 0 radical (unpaired) electrons. The van der Waals surface area contributed by atoms with Gasteiger partial charge in [0.15, 0.2) is 0 Å². The largest absolute Gasteiger partial charge is 0.365 e. The Bertz CT molecular complexity index is 333. The van der Waals surface area contributed by atoms with E-state index in [1.165, 1.54) is 6.33 Å². The Labute approximate surface area is 88.7 Å². The van der Waals surface area contributed by atoms with Crippen LogP contribution in [0.3, 0.4) is 0 Å². The molecule has 0 saturated carbocycles. The molecule has 2 rings (SSSR count). The highest BCUT2D eigenvalue weighted by Gasteiger charge is 2.18. The zero-order valence-corrected chi connectivity index (χ0v) is 8.76. The number of carbonyl (C=O) groups excluding carboxylic acids is 1. The Morgan fingerprint density at radius 1 is 1.20 bits per heavy atom. The van der Waals surface area contributed by atoms with Crippen molar-refractivity contribution in [1.29, 1.82) is 0 Å². The van der Waals surface area contributed by atoms with Crippen molar-refractivity contribution in [1.82, 2.24) is 14.9 Å². The quantitative estimate of drug-likeness (QED) is 0.656. The average Bonchev–Trinajstić information content (AvgIpc) is 2.30. The topological polar surface area (TPSA) is 49.3 Å². The number of piperazine rings is 1. The van der Waals surface area contributed by atoms with Gasteiger partial charge >= 0.3 is 0 Å². The summed E-state index contributed by atoms with van der Waals surface area (Å²) in [6.07, 6.45) is 5.13. The summed E-state index contributed by atoms with van der Waals surface area (Å²) in [5.74, 6) is 0.152. The Morgan fingerprint density at radius 3 is 2.33 bits per heavy atom. The van der Waals surface area contributed by atoms with Crippen molar-refractivity contribution in [3.8, 4) is 0 Å². The van der Waals surface area contributed by atoms with Gasteiger partial charge in [-0.05, 0) is 0 Å². The SMILES string of the molecule is CC(=O)N1CCN(c2cncnc2)CC1. The molecular weight excluding hydrogens is 192 g/mol. The lowest BCUT2D eigenvalue weighted by molar-refractivity contribution is -0.129. The number of aromatic nitrogens is 2. The van der Waals surface area contributed by atoms with Gasteiger partial charge < -0.3 is 9.80 Å². The van der Waals surface area contributed by atoms with Gasteiger partial charge in [0.25, 0.3) is 0 Å². The lowest BCUT2D eigenvalue weighted by atomic mass is 10.3. The summed E-state index contributed by atoms with van der Waals surface area (Å²) in [5, 5.41) is 0. The molecule has 0 N–H and O–H groups in total. The predicted octanol–water partition coefficient (Wildman–Crippen LogP) is 0.145. The number of nitrogens with zero attached hydrogens (tertiary/aromatic N) is 4. The maximum atomic E-state index is 11.1. The second-order valence-corrected chi connectivity index (χ2v) is 3.59. The number of anilines is 1. The van der Waals surface area contributed by atoms with Crippen LogP contribution >= 0.6 is 0 Å². The molecule has 0 spiro atoms. The third-order valence-corrected chi connectivity index (χ3v) is 2.64. The maximum Gasteiger partial charge on any atom is 0.219 e. The first-order valence-electron chi connectivity index (χ1n) is 5.03. The second kappa shape index (κ2) is 4.25. The molecule has 2 heterocycles. The summed E-state index contributed by atoms with van der Waals surface area (Å²) in [5.41, 5.74) is 1.03. The first-order valence-corrected chi connectivity index (χ1v) is 5.03. The van der Waals surface area contributed by atoms with Crippen molar-refractivity contribution in [2.24, 2.45) is 0 Å². The monoisotopic (exact) mass is 206 g/mol. The number of amides is 1. The number of rotatable bonds is 1. The smallest absolute Gasteiger partial charge is 0.219 e. The molecule has 1 aromatic rings. The normalized spacial score (nSPS) is 16.6. The van der Waals surface area contributed by atoms with Crippen molar-refractivity contribution < 1.29 is 4.79 Å². The lowest BCUT2D eigenvalue weighted by Gasteiger charge is -2.35. The molecule has 1 aromatic heterocycles. The zero-order valence-electron chi connectivity index (χ0n) is 8.76. The summed E-state index contributed by atoms with van der Waals surface area (Å²) < 4.78 is 0. The molecule has 0 unspecified atom stereocenters. The predicted molar refractivity (Wildman–Crippen MR) is 56.5 cm³/mol. The van der Waals surface area contributed by atoms with Crippen molar-refractivity contribution in [2.75, 3.05) is 31.1 Å². The standard InChI is InChI=1S/C10H14N4O/c1-9(15)13-2-4-14(5-3-13)10-6-11-8-12-7-10/h6-8H,2-5H2,1H3. The van der Waals surface area contributed by atoms with Crippen LogP contribution in [0, 0.1) is 0 Å². The fourth-order valence-corrected chi connectivity index (χ4v) is 1.73. The van der Waals surface area contributed by atoms with E-state index in [1.54, 1.807) is 19.3 Å². The van der Waals surface area contributed by atoms with E-state index in [0.29, 0.717) is 0 Å². The number of carbonyl (C=O) groups is 1. The van der Waals surface area contributed by atoms with E-state index in [4.69, 9.17) is 0 Å². The van der Waals surface area contributed by atoms with Gasteiger partial charge in [0.2, 0.25) is 5.91 Å². The molecule has 0 bridgehead atoms. The third-order valence-electron chi connectivity index (χ3n) is 2.64. The van der Waals surface area contributed by atoms with Gasteiger partial charge in [-0.2, -0.15) is 0 Å². The van der Waals surface area contributed by atoms with Gasteiger partial charge in [0.05, 0.1) is 18.1 Å². The molecule has 1 aliphatic heterocycles. The lowest BCUT2D eigenvalue weighted by Crippen LogP contribution is -2.48. The molecule has 1 saturated heterocycles. The van der Waals surface area contributed by atoms with Crippen LogP contribution in [0.15, 0.2) is 18.7 Å². The summed E-state index contributed by atoms with van der Waals surface area (Å²) in [7, 11) is 0. The number of hydrogen-bond acceptors (Lipinski definition) is 4. The Kier molecular flexibility index (Phi) is 2.80. The highest BCUT2D eigenvalue weighted by molar-refractivity contribution is 5.73. The Balaban J connectivity index is 1.97. The van der Waals surface area contributed by atoms with Crippen LogP contribution in [0.4, 0.5) is 5.69 Å². The summed E-state index contributed by atoms with van der Waals surface area (Å²) in [6.45, 7) is 4.88. The van der Waals surface area contributed by atoms with E-state index in [0.717, 1.165) is 31.9 Å². The van der Waals surface area contributed by atoms with E-state index in [2.05, 4.69) is 14.9 Å². The molecule has 0 atom stereocenters. The van der Waals surface area contributed by atoms with Crippen LogP contribution in [0.5, 0.6) is 0 Å². The Hall–Kier alpha value is -1.65. The van der Waals surface area contributed by atoms with Crippen LogP contribution in [-0.4, -0.2) is 47.0 Å². The molecular formula is C10H14N4O. The number of hydrogen-bond donors (Lipinski definition) is 0. The molecule has 1 amide bonds. The molecule has 80 valence electrons. The highest BCUT2D eigenvalue weighted by Crippen LogP contribution is 2.12. The van der Waals surface area contributed by atoms with Crippen molar-refractivity contribution in [3.63, 3.8) is 0 Å². The van der Waals surface area contributed by atoms with E-state index < -0.39 is 0 Å². The van der Waals surface area contributed by atoms with Gasteiger partial charge in [-0.3, -0.25) is 4.79 Å². The summed E-state index contributed by atoms with van der Waals surface area (Å²) >= 11 is 0. The first-order chi connectivity index (χ1) is 7.27. The van der Waals surface area contributed by atoms with E-state index in [9.17, 15) is 4.79 Å². The molecule has 0 aromatic carbocycles. The van der Waals surface area contributed by atoms with Crippen molar-refractivity contribution >= 4 is 11.6 Å². The van der Waals surface area contributed by atoms with Gasteiger partial charge in [-0.1, -0.05) is 0 Å². The van der Waals surface area contributed by atoms with Crippen LogP contribution in [0.2, 0.25) is 0 Å². The third kappa shape index (κ3) is 2.23. The molecule has 15 heavy (non-hydrogen) atoms. The maximum absolute atomic E-state index is 11.1. The van der Waals surface area contributed by atoms with Gasteiger partial charge in [-0.15, -0.1) is 0 Å². The highest BCUT2D eigenvalue weighted by atomic mass is 16.2.